The van der Waals surface area contributed by atoms with E-state index in [0.29, 0.717) is 0 Å². The molecule has 1 fully saturated rings. The lowest BCUT2D eigenvalue weighted by Gasteiger charge is -2.22. The molecule has 1 aliphatic rings. The summed E-state index contributed by atoms with van der Waals surface area (Å²) in [6.07, 6.45) is 7.63. The topological polar surface area (TPSA) is 67.9 Å². The molecule has 1 unspecified atom stereocenters. The third-order valence-electron chi connectivity index (χ3n) is 3.16. The van der Waals surface area contributed by atoms with Crippen LogP contribution in [0, 0.1) is 0 Å². The molecule has 0 radical (unpaired) electrons. The molecule has 1 aliphatic carbocycles. The average molecular weight is 339 g/mol. The van der Waals surface area contributed by atoms with Gasteiger partial charge in [0.15, 0.2) is 0 Å². The van der Waals surface area contributed by atoms with E-state index in [1.54, 1.807) is 0 Å². The third-order valence-corrected chi connectivity index (χ3v) is 8.41. The number of nitrogens with zero attached hydrogens (tertiary/aromatic N) is 2. The molecular weight excluding hydrogens is 313 g/mol. The van der Waals surface area contributed by atoms with Crippen LogP contribution in [-0.2, 0) is 9.19 Å². The van der Waals surface area contributed by atoms with Crippen molar-refractivity contribution in [2.45, 2.75) is 58.8 Å². The highest BCUT2D eigenvalue weighted by atomic mass is 33.1. The number of hydrogen-bond acceptors (Lipinski definition) is 7. The lowest BCUT2D eigenvalue weighted by molar-refractivity contribution is 0.352. The van der Waals surface area contributed by atoms with E-state index in [-0.39, 0.29) is 0 Å². The first-order valence-electron chi connectivity index (χ1n) is 7.31. The van der Waals surface area contributed by atoms with Crippen molar-refractivity contribution in [3.05, 3.63) is 0 Å². The highest BCUT2D eigenvalue weighted by Crippen LogP contribution is 2.68. The van der Waals surface area contributed by atoms with E-state index in [9.17, 15) is 4.57 Å². The molecule has 0 aromatic heterocycles. The van der Waals surface area contributed by atoms with E-state index in [1.807, 2.05) is 11.2 Å². The van der Waals surface area contributed by atoms with Gasteiger partial charge in [-0.05, 0) is 32.1 Å². The number of unbranched alkanes of at least 4 members (excludes halogenated alkanes) is 1. The minimum atomic E-state index is -3.03. The zero-order valence-corrected chi connectivity index (χ0v) is 14.9. The van der Waals surface area contributed by atoms with Crippen LogP contribution in [0.15, 0.2) is 5.16 Å². The molecule has 2 N–H and O–H groups in total. The molecular formula is C12H26N3O2PS2. The first kappa shape index (κ1) is 18.4. The third kappa shape index (κ3) is 6.85. The molecule has 0 spiro atoms. The maximum Gasteiger partial charge on any atom is 0.409 e. The normalized spacial score (nSPS) is 18.9. The minimum Gasteiger partial charge on any atom is -0.317 e. The fraction of sp³-hybridized carbons (Fsp3) is 0.917. The summed E-state index contributed by atoms with van der Waals surface area (Å²) in [6, 6.07) is 0. The Morgan fingerprint density at radius 3 is 2.60 bits per heavy atom. The minimum absolute atomic E-state index is 0.786. The van der Waals surface area contributed by atoms with Crippen LogP contribution < -0.4 is 5.14 Å². The van der Waals surface area contributed by atoms with E-state index < -0.39 is 5.77 Å². The van der Waals surface area contributed by atoms with Gasteiger partial charge >= 0.3 is 5.77 Å². The van der Waals surface area contributed by atoms with Crippen LogP contribution in [0.2, 0.25) is 0 Å². The molecule has 0 saturated heterocycles. The zero-order chi connectivity index (χ0) is 14.8. The highest BCUT2D eigenvalue weighted by Gasteiger charge is 2.29. The first-order chi connectivity index (χ1) is 9.63. The number of rotatable bonds is 9. The van der Waals surface area contributed by atoms with Gasteiger partial charge in [0.05, 0.1) is 5.71 Å². The summed E-state index contributed by atoms with van der Waals surface area (Å²) < 4.78 is 20.0. The molecule has 0 heterocycles. The van der Waals surface area contributed by atoms with Gasteiger partial charge in [-0.3, -0.25) is 5.14 Å². The summed E-state index contributed by atoms with van der Waals surface area (Å²) in [5, 5.41) is 9.67. The van der Waals surface area contributed by atoms with Gasteiger partial charge in [-0.1, -0.05) is 31.8 Å². The summed E-state index contributed by atoms with van der Waals surface area (Å²) in [6.45, 7) is 5.89. The van der Waals surface area contributed by atoms with Crippen molar-refractivity contribution in [1.82, 2.24) is 4.31 Å². The van der Waals surface area contributed by atoms with Gasteiger partial charge in [0, 0.05) is 36.2 Å². The molecule has 0 aromatic carbocycles. The smallest absolute Gasteiger partial charge is 0.317 e. The van der Waals surface area contributed by atoms with Gasteiger partial charge in [-0.2, -0.15) is 0 Å². The Hall–Kier alpha value is 0.320. The predicted molar refractivity (Wildman–Crippen MR) is 90.7 cm³/mol. The van der Waals surface area contributed by atoms with Crippen molar-refractivity contribution in [3.63, 3.8) is 0 Å². The largest absolute Gasteiger partial charge is 0.409 e. The molecule has 0 aliphatic heterocycles. The Kier molecular flexibility index (Phi) is 9.29. The molecule has 0 aromatic rings. The molecule has 1 rings (SSSR count). The Bertz CT molecular complexity index is 348. The van der Waals surface area contributed by atoms with Crippen LogP contribution in [0.3, 0.4) is 0 Å². The molecule has 0 bridgehead atoms. The van der Waals surface area contributed by atoms with Crippen LogP contribution in [-0.4, -0.2) is 23.1 Å². The van der Waals surface area contributed by atoms with Gasteiger partial charge in [-0.15, -0.1) is 0 Å². The van der Waals surface area contributed by atoms with Crippen LogP contribution in [0.25, 0.3) is 0 Å². The second kappa shape index (κ2) is 10.1. The lowest BCUT2D eigenvalue weighted by Crippen LogP contribution is -2.16. The molecule has 0 amide bonds. The Morgan fingerprint density at radius 2 is 2.05 bits per heavy atom. The van der Waals surface area contributed by atoms with Gasteiger partial charge in [-0.25, -0.2) is 8.87 Å². The Labute approximate surface area is 130 Å². The van der Waals surface area contributed by atoms with Crippen molar-refractivity contribution in [2.75, 3.05) is 13.1 Å². The van der Waals surface area contributed by atoms with Gasteiger partial charge < -0.3 is 4.62 Å². The van der Waals surface area contributed by atoms with Crippen molar-refractivity contribution in [2.24, 2.45) is 10.3 Å². The average Bonchev–Trinajstić information content (AvgIpc) is 2.50. The van der Waals surface area contributed by atoms with E-state index in [1.165, 1.54) is 18.0 Å². The SMILES string of the molecule is CCCCN(CC)SP(=O)(ON=C1CCCCC1)SN. The first-order valence-corrected chi connectivity index (χ1v) is 11.8. The summed E-state index contributed by atoms with van der Waals surface area (Å²) in [4.78, 5) is 0. The molecule has 118 valence electrons. The van der Waals surface area contributed by atoms with Crippen molar-refractivity contribution >= 4 is 34.6 Å². The van der Waals surface area contributed by atoms with E-state index in [4.69, 9.17) is 9.76 Å². The van der Waals surface area contributed by atoms with Gasteiger partial charge in [0.2, 0.25) is 0 Å². The molecule has 1 atom stereocenters. The predicted octanol–water partition coefficient (Wildman–Crippen LogP) is 4.81. The van der Waals surface area contributed by atoms with E-state index in [2.05, 4.69) is 12.1 Å². The Morgan fingerprint density at radius 1 is 1.35 bits per heavy atom. The second-order valence-corrected chi connectivity index (χ2v) is 11.5. The quantitative estimate of drug-likeness (QED) is 0.369. The number of hydrogen-bond donors (Lipinski definition) is 1. The van der Waals surface area contributed by atoms with Gasteiger partial charge in [0.1, 0.15) is 0 Å². The summed E-state index contributed by atoms with van der Waals surface area (Å²) in [5.41, 5.74) is 1.02. The maximum atomic E-state index is 12.6. The van der Waals surface area contributed by atoms with Gasteiger partial charge in [0.25, 0.3) is 0 Å². The molecule has 1 saturated carbocycles. The zero-order valence-electron chi connectivity index (χ0n) is 12.4. The lowest BCUT2D eigenvalue weighted by atomic mass is 9.99. The fourth-order valence-corrected chi connectivity index (χ4v) is 6.03. The van der Waals surface area contributed by atoms with Crippen molar-refractivity contribution in [1.29, 1.82) is 0 Å². The maximum absolute atomic E-state index is 12.6. The summed E-state index contributed by atoms with van der Waals surface area (Å²) >= 11 is 2.00. The molecule has 8 heteroatoms. The summed E-state index contributed by atoms with van der Waals surface area (Å²) in [7, 11) is 0. The second-order valence-electron chi connectivity index (χ2n) is 4.81. The molecule has 20 heavy (non-hydrogen) atoms. The monoisotopic (exact) mass is 339 g/mol. The molecule has 5 nitrogen and oxygen atoms in total. The van der Waals surface area contributed by atoms with Crippen LogP contribution in [0.4, 0.5) is 0 Å². The van der Waals surface area contributed by atoms with Crippen LogP contribution in [0.1, 0.15) is 58.8 Å². The fourth-order valence-electron chi connectivity index (χ4n) is 1.94. The van der Waals surface area contributed by atoms with Crippen LogP contribution >= 0.6 is 28.9 Å². The van der Waals surface area contributed by atoms with E-state index >= 15 is 0 Å². The van der Waals surface area contributed by atoms with Crippen molar-refractivity contribution < 1.29 is 9.19 Å². The standard InChI is InChI=1S/C12H26N3O2PS2/c1-3-5-11-15(4-2)20-18(16,19-13)17-14-12-9-7-6-8-10-12/h3-11,13H2,1-2H3. The number of nitrogens with two attached hydrogens (primary N) is 1. The van der Waals surface area contributed by atoms with Crippen molar-refractivity contribution in [3.8, 4) is 0 Å². The number of oxime groups is 1. The van der Waals surface area contributed by atoms with Crippen LogP contribution in [0.5, 0.6) is 0 Å². The Balaban J connectivity index is 2.53. The summed E-state index contributed by atoms with van der Waals surface area (Å²) in [5.74, 6) is -3.03. The van der Waals surface area contributed by atoms with E-state index in [0.717, 1.165) is 68.9 Å². The highest BCUT2D eigenvalue weighted by molar-refractivity contribution is 8.88.